The van der Waals surface area contributed by atoms with Gasteiger partial charge in [-0.15, -0.1) is 0 Å². The molecule has 0 amide bonds. The fourth-order valence-corrected chi connectivity index (χ4v) is 4.60. The first-order valence-electron chi connectivity index (χ1n) is 10.1. The summed E-state index contributed by atoms with van der Waals surface area (Å²) in [7, 11) is -3.36. The van der Waals surface area contributed by atoms with E-state index in [0.29, 0.717) is 13.0 Å². The van der Waals surface area contributed by atoms with Gasteiger partial charge in [-0.3, -0.25) is 0 Å². The van der Waals surface area contributed by atoms with Crippen molar-refractivity contribution >= 4 is 26.1 Å². The van der Waals surface area contributed by atoms with Gasteiger partial charge >= 0.3 is 144 Å². The van der Waals surface area contributed by atoms with E-state index in [2.05, 4.69) is 22.9 Å². The summed E-state index contributed by atoms with van der Waals surface area (Å²) >= 11 is 2.46. The summed E-state index contributed by atoms with van der Waals surface area (Å²) in [4.78, 5) is 0. The first kappa shape index (κ1) is 28.6. The van der Waals surface area contributed by atoms with Crippen molar-refractivity contribution in [1.82, 2.24) is 0 Å². The Kier molecular flexibility index (Phi) is 23.1. The molecule has 0 saturated carbocycles. The number of rotatable bonds is 18. The van der Waals surface area contributed by atoms with Gasteiger partial charge in [0.2, 0.25) is 0 Å². The van der Waals surface area contributed by atoms with Crippen molar-refractivity contribution in [2.24, 2.45) is 0 Å². The molecule has 0 rings (SSSR count). The van der Waals surface area contributed by atoms with Crippen molar-refractivity contribution < 1.29 is 43.6 Å². The van der Waals surface area contributed by atoms with E-state index in [0.717, 1.165) is 31.0 Å². The minimum Gasteiger partial charge on any atom is -1.00 e. The minimum absolute atomic E-state index is 0. The second kappa shape index (κ2) is 20.2. The fourth-order valence-electron chi connectivity index (χ4n) is 2.92. The van der Waals surface area contributed by atoms with Crippen molar-refractivity contribution in [3.63, 3.8) is 0 Å². The third kappa shape index (κ3) is 17.3. The number of unbranched alkanes of at least 4 members (excludes halogenated alkanes) is 10. The van der Waals surface area contributed by atoms with Gasteiger partial charge in [-0.1, -0.05) is 45.4 Å². The summed E-state index contributed by atoms with van der Waals surface area (Å²) in [5.41, 5.74) is 0. The Hall–Kier alpha value is 1.43. The molecular weight excluding hydrogens is 410 g/mol. The third-order valence-electron chi connectivity index (χ3n) is 4.54. The molecule has 0 saturated heterocycles. The molecule has 1 unspecified atom stereocenters. The Morgan fingerprint density at radius 2 is 1.32 bits per heavy atom. The number of hydrogen-bond acceptors (Lipinski definition) is 3. The van der Waals surface area contributed by atoms with Crippen LogP contribution in [0, 0.1) is 0 Å². The summed E-state index contributed by atoms with van der Waals surface area (Å²) in [6.07, 6.45) is 16.4. The van der Waals surface area contributed by atoms with E-state index in [1.165, 1.54) is 57.8 Å². The van der Waals surface area contributed by atoms with Gasteiger partial charge in [0.15, 0.2) is 0 Å². The van der Waals surface area contributed by atoms with Gasteiger partial charge < -0.3 is 1.43 Å². The largest absolute Gasteiger partial charge is 1.00 e. The Morgan fingerprint density at radius 1 is 0.840 bits per heavy atom. The normalized spacial score (nSPS) is 12.8. The third-order valence-corrected chi connectivity index (χ3v) is 7.09. The molecule has 0 N–H and O–H groups in total. The van der Waals surface area contributed by atoms with E-state index in [-0.39, 0.29) is 36.2 Å². The van der Waals surface area contributed by atoms with E-state index >= 15 is 0 Å². The molecule has 0 spiro atoms. The predicted molar refractivity (Wildman–Crippen MR) is 108 cm³/mol. The van der Waals surface area contributed by atoms with Crippen LogP contribution in [-0.2, 0) is 14.3 Å². The molecule has 148 valence electrons. The topological polar surface area (TPSA) is 43.4 Å². The summed E-state index contributed by atoms with van der Waals surface area (Å²) < 4.78 is 29.4. The molecule has 0 aliphatic rings. The summed E-state index contributed by atoms with van der Waals surface area (Å²) in [6, 6.07) is 0. The van der Waals surface area contributed by atoms with Crippen molar-refractivity contribution in [3.8, 4) is 0 Å². The van der Waals surface area contributed by atoms with E-state index in [4.69, 9.17) is 4.18 Å². The van der Waals surface area contributed by atoms with Gasteiger partial charge in [0.1, 0.15) is 0 Å². The second-order valence-electron chi connectivity index (χ2n) is 6.75. The van der Waals surface area contributed by atoms with Crippen LogP contribution in [0.5, 0.6) is 0 Å². The van der Waals surface area contributed by atoms with Crippen molar-refractivity contribution in [2.45, 2.75) is 114 Å². The van der Waals surface area contributed by atoms with Crippen LogP contribution in [0.2, 0.25) is 5.32 Å². The van der Waals surface area contributed by atoms with E-state index < -0.39 is 10.1 Å². The molecule has 3 nitrogen and oxygen atoms in total. The molecule has 6 heteroatoms. The zero-order valence-corrected chi connectivity index (χ0v) is 21.7. The van der Waals surface area contributed by atoms with E-state index in [9.17, 15) is 8.42 Å². The molecule has 0 aliphatic carbocycles. The smallest absolute Gasteiger partial charge is 1.00 e. The average Bonchev–Trinajstić information content (AvgIpc) is 2.56. The zero-order valence-electron chi connectivity index (χ0n) is 18.0. The molecule has 0 radical (unpaired) electrons. The Bertz CT molecular complexity index is 370. The fraction of sp³-hybridized carbons (Fsp3) is 1.00. The summed E-state index contributed by atoms with van der Waals surface area (Å²) in [5, 5.41) is 0.583. The van der Waals surface area contributed by atoms with E-state index in [1.54, 1.807) is 0 Å². The van der Waals surface area contributed by atoms with Crippen molar-refractivity contribution in [1.29, 1.82) is 0 Å². The molecule has 0 aliphatic heterocycles. The van der Waals surface area contributed by atoms with Gasteiger partial charge in [-0.05, 0) is 0 Å². The van der Waals surface area contributed by atoms with Crippen LogP contribution in [0.1, 0.15) is 105 Å². The maximum absolute atomic E-state index is 12.1. The van der Waals surface area contributed by atoms with Crippen LogP contribution < -0.4 is 29.6 Å². The molecule has 0 aromatic rings. The van der Waals surface area contributed by atoms with Crippen LogP contribution in [0.4, 0.5) is 0 Å². The maximum Gasteiger partial charge on any atom is 1.00 e. The first-order chi connectivity index (χ1) is 11.6. The van der Waals surface area contributed by atoms with Crippen LogP contribution in [-0.4, -0.2) is 36.3 Å². The Morgan fingerprint density at radius 3 is 1.76 bits per heavy atom. The minimum atomic E-state index is -3.36. The van der Waals surface area contributed by atoms with Gasteiger partial charge in [-0.2, -0.15) is 0 Å². The van der Waals surface area contributed by atoms with E-state index in [1.807, 2.05) is 6.92 Å². The Labute approximate surface area is 189 Å². The van der Waals surface area contributed by atoms with Gasteiger partial charge in [0.25, 0.3) is 0 Å². The molecule has 0 bridgehead atoms. The second-order valence-corrected chi connectivity index (χ2v) is 9.57. The molecular formula is C19H41NaO3SSe. The molecule has 0 aromatic carbocycles. The van der Waals surface area contributed by atoms with Gasteiger partial charge in [0.05, 0.1) is 0 Å². The SMILES string of the molecule is CCCCCCCCCCCCCC(CC)S(=O)(=O)OCCC[SeH].[H-].[Na+]. The number of hydrogen-bond donors (Lipinski definition) is 0. The average molecular weight is 452 g/mol. The monoisotopic (exact) mass is 452 g/mol. The van der Waals surface area contributed by atoms with Crippen LogP contribution in [0.15, 0.2) is 0 Å². The summed E-state index contributed by atoms with van der Waals surface area (Å²) in [6.45, 7) is 4.53. The molecule has 25 heavy (non-hydrogen) atoms. The van der Waals surface area contributed by atoms with Crippen LogP contribution in [0.25, 0.3) is 0 Å². The molecule has 1 atom stereocenters. The predicted octanol–water partition coefficient (Wildman–Crippen LogP) is 2.64. The quantitative estimate of drug-likeness (QED) is 0.183. The van der Waals surface area contributed by atoms with Gasteiger partial charge in [-0.25, -0.2) is 0 Å². The zero-order chi connectivity index (χ0) is 18.1. The van der Waals surface area contributed by atoms with Crippen LogP contribution >= 0.6 is 0 Å². The van der Waals surface area contributed by atoms with Crippen LogP contribution in [0.3, 0.4) is 0 Å². The van der Waals surface area contributed by atoms with Crippen molar-refractivity contribution in [2.75, 3.05) is 6.61 Å². The molecule has 0 fully saturated rings. The maximum atomic E-state index is 12.1. The summed E-state index contributed by atoms with van der Waals surface area (Å²) in [5.74, 6) is 0. The van der Waals surface area contributed by atoms with Gasteiger partial charge in [0, 0.05) is 0 Å². The Balaban J connectivity index is -0.00000264. The standard InChI is InChI=1S/C19H40O3SSe.Na.H/c1-3-5-6-7-8-9-10-11-12-13-14-16-19(4-2)23(20,21)22-17-15-18-24;;/h19,24H,3-18H2,1-2H3;;/q;+1;-1. The van der Waals surface area contributed by atoms with Crippen molar-refractivity contribution in [3.05, 3.63) is 0 Å². The molecule has 0 heterocycles. The first-order valence-corrected chi connectivity index (χ1v) is 12.9. The molecule has 0 aromatic heterocycles.